The predicted octanol–water partition coefficient (Wildman–Crippen LogP) is 2.05. The number of nitrogens with zero attached hydrogens (tertiary/aromatic N) is 2. The minimum atomic E-state index is -4.60. The zero-order valence-electron chi connectivity index (χ0n) is 8.26. The first-order valence-electron chi connectivity index (χ1n) is 5.06. The number of hydrogen-bond donors (Lipinski definition) is 0. The summed E-state index contributed by atoms with van der Waals surface area (Å²) in [6, 6.07) is 0.231. The van der Waals surface area contributed by atoms with Crippen molar-refractivity contribution in [2.24, 2.45) is 0 Å². The van der Waals surface area contributed by atoms with Crippen LogP contribution < -0.4 is 0 Å². The van der Waals surface area contributed by atoms with Crippen LogP contribution in [0.1, 0.15) is 38.1 Å². The van der Waals surface area contributed by atoms with Gasteiger partial charge in [0.2, 0.25) is 0 Å². The van der Waals surface area contributed by atoms with E-state index in [4.69, 9.17) is 0 Å². The van der Waals surface area contributed by atoms with Crippen LogP contribution in [0, 0.1) is 0 Å². The second-order valence-corrected chi connectivity index (χ2v) is 5.23. The summed E-state index contributed by atoms with van der Waals surface area (Å²) in [5.74, 6) is 0. The van der Waals surface area contributed by atoms with E-state index in [1.54, 1.807) is 4.68 Å². The lowest BCUT2D eigenvalue weighted by molar-refractivity contribution is 0.329. The van der Waals surface area contributed by atoms with Gasteiger partial charge < -0.3 is 0 Å². The Kier molecular flexibility index (Phi) is 2.77. The highest BCUT2D eigenvalue weighted by Crippen LogP contribution is 2.28. The standard InChI is InChI=1S/C9H13FN2O2S/c10-15(13,14)9-6-11-12(7-9)8-4-2-1-3-5-8/h6-8H,1-5H2. The Morgan fingerprint density at radius 3 is 2.53 bits per heavy atom. The fraction of sp³-hybridized carbons (Fsp3) is 0.667. The maximum Gasteiger partial charge on any atom is 0.335 e. The normalized spacial score (nSPS) is 19.3. The topological polar surface area (TPSA) is 52.0 Å². The van der Waals surface area contributed by atoms with Crippen LogP contribution in [-0.4, -0.2) is 18.2 Å². The number of rotatable bonds is 2. The molecule has 1 aromatic heterocycles. The minimum absolute atomic E-state index is 0.231. The van der Waals surface area contributed by atoms with E-state index >= 15 is 0 Å². The summed E-state index contributed by atoms with van der Waals surface area (Å²) in [6.45, 7) is 0. The third kappa shape index (κ3) is 2.37. The van der Waals surface area contributed by atoms with Gasteiger partial charge in [-0.15, -0.1) is 3.89 Å². The molecule has 1 aliphatic carbocycles. The molecule has 6 heteroatoms. The van der Waals surface area contributed by atoms with Crippen molar-refractivity contribution >= 4 is 10.2 Å². The summed E-state index contributed by atoms with van der Waals surface area (Å²) in [7, 11) is -4.60. The van der Waals surface area contributed by atoms with Gasteiger partial charge in [-0.3, -0.25) is 4.68 Å². The largest absolute Gasteiger partial charge is 0.335 e. The number of halogens is 1. The van der Waals surface area contributed by atoms with Crippen molar-refractivity contribution < 1.29 is 12.3 Å². The molecule has 0 radical (unpaired) electrons. The Hall–Kier alpha value is -0.910. The van der Waals surface area contributed by atoms with E-state index in [-0.39, 0.29) is 10.9 Å². The second-order valence-electron chi connectivity index (χ2n) is 3.89. The van der Waals surface area contributed by atoms with Gasteiger partial charge in [-0.25, -0.2) is 0 Å². The maximum atomic E-state index is 12.6. The molecule has 0 saturated heterocycles. The van der Waals surface area contributed by atoms with Crippen molar-refractivity contribution in [3.63, 3.8) is 0 Å². The first-order chi connectivity index (χ1) is 7.07. The molecule has 0 unspecified atom stereocenters. The van der Waals surface area contributed by atoms with Crippen LogP contribution in [0.2, 0.25) is 0 Å². The second kappa shape index (κ2) is 3.92. The molecule has 0 aliphatic heterocycles. The highest BCUT2D eigenvalue weighted by Gasteiger charge is 2.20. The molecule has 1 heterocycles. The van der Waals surface area contributed by atoms with Gasteiger partial charge in [-0.2, -0.15) is 13.5 Å². The number of hydrogen-bond acceptors (Lipinski definition) is 3. The summed E-state index contributed by atoms with van der Waals surface area (Å²) in [5, 5.41) is 3.90. The molecule has 15 heavy (non-hydrogen) atoms. The number of aromatic nitrogens is 2. The van der Waals surface area contributed by atoms with E-state index < -0.39 is 10.2 Å². The van der Waals surface area contributed by atoms with Gasteiger partial charge >= 0.3 is 10.2 Å². The van der Waals surface area contributed by atoms with Gasteiger partial charge in [0.25, 0.3) is 0 Å². The summed E-state index contributed by atoms with van der Waals surface area (Å²) >= 11 is 0. The first-order valence-corrected chi connectivity index (χ1v) is 6.44. The SMILES string of the molecule is O=S(=O)(F)c1cnn(C2CCCCC2)c1. The fourth-order valence-corrected chi connectivity index (χ4v) is 2.40. The van der Waals surface area contributed by atoms with Crippen molar-refractivity contribution in [3.8, 4) is 0 Å². The molecule has 1 aromatic rings. The van der Waals surface area contributed by atoms with E-state index in [1.165, 1.54) is 12.6 Å². The highest BCUT2D eigenvalue weighted by molar-refractivity contribution is 7.86. The Labute approximate surface area is 88.3 Å². The van der Waals surface area contributed by atoms with E-state index in [1.807, 2.05) is 0 Å². The fourth-order valence-electron chi connectivity index (χ4n) is 1.99. The van der Waals surface area contributed by atoms with Gasteiger partial charge in [0, 0.05) is 6.20 Å². The Balaban J connectivity index is 2.19. The monoisotopic (exact) mass is 232 g/mol. The Morgan fingerprint density at radius 1 is 1.33 bits per heavy atom. The third-order valence-electron chi connectivity index (χ3n) is 2.81. The van der Waals surface area contributed by atoms with Gasteiger partial charge in [0.1, 0.15) is 4.90 Å². The lowest BCUT2D eigenvalue weighted by Crippen LogP contribution is -2.12. The van der Waals surface area contributed by atoms with Gasteiger partial charge in [0.05, 0.1) is 12.2 Å². The molecule has 4 nitrogen and oxygen atoms in total. The maximum absolute atomic E-state index is 12.6. The van der Waals surface area contributed by atoms with E-state index in [0.29, 0.717) is 0 Å². The predicted molar refractivity (Wildman–Crippen MR) is 52.6 cm³/mol. The van der Waals surface area contributed by atoms with Crippen LogP contribution in [0.4, 0.5) is 3.89 Å². The highest BCUT2D eigenvalue weighted by atomic mass is 32.3. The van der Waals surface area contributed by atoms with E-state index in [0.717, 1.165) is 31.9 Å². The molecule has 1 saturated carbocycles. The van der Waals surface area contributed by atoms with E-state index in [9.17, 15) is 12.3 Å². The Bertz CT molecular complexity index is 435. The minimum Gasteiger partial charge on any atom is -0.268 e. The molecule has 0 bridgehead atoms. The lowest BCUT2D eigenvalue weighted by atomic mass is 9.96. The third-order valence-corrected chi connectivity index (χ3v) is 3.58. The molecule has 1 aliphatic rings. The molecule has 84 valence electrons. The molecular weight excluding hydrogens is 219 g/mol. The van der Waals surface area contributed by atoms with Gasteiger partial charge in [-0.1, -0.05) is 19.3 Å². The van der Waals surface area contributed by atoms with Crippen molar-refractivity contribution in [2.75, 3.05) is 0 Å². The van der Waals surface area contributed by atoms with Crippen LogP contribution in [0.3, 0.4) is 0 Å². The van der Waals surface area contributed by atoms with E-state index in [2.05, 4.69) is 5.10 Å². The summed E-state index contributed by atoms with van der Waals surface area (Å²) in [6.07, 6.45) is 7.81. The average molecular weight is 232 g/mol. The van der Waals surface area contributed by atoms with Crippen LogP contribution in [-0.2, 0) is 10.2 Å². The van der Waals surface area contributed by atoms with Crippen molar-refractivity contribution in [3.05, 3.63) is 12.4 Å². The average Bonchev–Trinajstić information content (AvgIpc) is 2.67. The Morgan fingerprint density at radius 2 is 2.00 bits per heavy atom. The van der Waals surface area contributed by atoms with Crippen LogP contribution in [0.5, 0.6) is 0 Å². The molecule has 0 amide bonds. The molecule has 0 N–H and O–H groups in total. The zero-order chi connectivity index (χ0) is 10.9. The smallest absolute Gasteiger partial charge is 0.268 e. The van der Waals surface area contributed by atoms with Crippen LogP contribution >= 0.6 is 0 Å². The first kappa shape index (κ1) is 10.6. The van der Waals surface area contributed by atoms with Crippen molar-refractivity contribution in [1.82, 2.24) is 9.78 Å². The van der Waals surface area contributed by atoms with Gasteiger partial charge in [0.15, 0.2) is 0 Å². The molecule has 0 aromatic carbocycles. The van der Waals surface area contributed by atoms with Crippen LogP contribution in [0.15, 0.2) is 17.3 Å². The molecule has 0 spiro atoms. The molecular formula is C9H13FN2O2S. The summed E-state index contributed by atoms with van der Waals surface area (Å²) in [4.78, 5) is -0.340. The van der Waals surface area contributed by atoms with Crippen molar-refractivity contribution in [2.45, 2.75) is 43.0 Å². The zero-order valence-corrected chi connectivity index (χ0v) is 9.08. The molecule has 0 atom stereocenters. The summed E-state index contributed by atoms with van der Waals surface area (Å²) < 4.78 is 35.4. The molecule has 2 rings (SSSR count). The van der Waals surface area contributed by atoms with Crippen LogP contribution in [0.25, 0.3) is 0 Å². The summed E-state index contributed by atoms with van der Waals surface area (Å²) in [5.41, 5.74) is 0. The lowest BCUT2D eigenvalue weighted by Gasteiger charge is -2.21. The quantitative estimate of drug-likeness (QED) is 0.733. The van der Waals surface area contributed by atoms with Crippen molar-refractivity contribution in [1.29, 1.82) is 0 Å². The molecule has 1 fully saturated rings. The van der Waals surface area contributed by atoms with Gasteiger partial charge in [-0.05, 0) is 12.8 Å².